The summed E-state index contributed by atoms with van der Waals surface area (Å²) in [6.07, 6.45) is 6.87. The first-order chi connectivity index (χ1) is 9.81. The third-order valence-corrected chi connectivity index (χ3v) is 4.78. The molecule has 0 saturated heterocycles. The van der Waals surface area contributed by atoms with Gasteiger partial charge in [0, 0.05) is 0 Å². The highest BCUT2D eigenvalue weighted by Gasteiger charge is 2.34. The second kappa shape index (κ2) is 10.7. The van der Waals surface area contributed by atoms with Crippen LogP contribution in [0.4, 0.5) is 0 Å². The number of phosphoric acid groups is 1. The molecule has 0 aliphatic rings. The minimum absolute atomic E-state index is 0.113. The van der Waals surface area contributed by atoms with Crippen LogP contribution in [0.15, 0.2) is 0 Å². The van der Waals surface area contributed by atoms with Gasteiger partial charge in [-0.1, -0.05) is 40.0 Å². The molecule has 0 aromatic carbocycles. The molecule has 128 valence electrons. The molecule has 5 nitrogen and oxygen atoms in total. The van der Waals surface area contributed by atoms with Gasteiger partial charge in [-0.05, 0) is 26.2 Å². The molecule has 1 unspecified atom stereocenters. The summed E-state index contributed by atoms with van der Waals surface area (Å²) in [6.45, 7) is 12.0. The van der Waals surface area contributed by atoms with E-state index in [0.717, 1.165) is 62.6 Å². The molecule has 2 N–H and O–H groups in total. The topological polar surface area (TPSA) is 66.8 Å². The maximum atomic E-state index is 11.0. The van der Waals surface area contributed by atoms with Crippen LogP contribution in [-0.4, -0.2) is 46.6 Å². The van der Waals surface area contributed by atoms with E-state index in [1.807, 2.05) is 0 Å². The van der Waals surface area contributed by atoms with Crippen LogP contribution >= 0.6 is 7.82 Å². The number of hydrogen-bond donors (Lipinski definition) is 2. The molecule has 0 saturated carbocycles. The number of hydrogen-bond acceptors (Lipinski definition) is 2. The Bertz CT molecular complexity index is 284. The molecule has 0 rings (SSSR count). The normalized spacial score (nSPS) is 14.4. The summed E-state index contributed by atoms with van der Waals surface area (Å²) in [7, 11) is -4.38. The van der Waals surface area contributed by atoms with Crippen molar-refractivity contribution in [3.63, 3.8) is 0 Å². The van der Waals surface area contributed by atoms with Gasteiger partial charge in [0.2, 0.25) is 0 Å². The highest BCUT2D eigenvalue weighted by atomic mass is 31.2. The van der Waals surface area contributed by atoms with E-state index in [0.29, 0.717) is 0 Å². The molecule has 21 heavy (non-hydrogen) atoms. The average Bonchev–Trinajstić information content (AvgIpc) is 2.43. The Morgan fingerprint density at radius 1 is 0.952 bits per heavy atom. The molecule has 0 amide bonds. The molecule has 0 bridgehead atoms. The zero-order valence-electron chi connectivity index (χ0n) is 14.3. The number of phosphoric ester groups is 1. The molecular weight excluding hydrogens is 289 g/mol. The number of unbranched alkanes of at least 4 members (excludes halogenated alkanes) is 3. The summed E-state index contributed by atoms with van der Waals surface area (Å²) in [5.74, 6) is 0. The number of nitrogens with zero attached hydrogens (tertiary/aromatic N) is 1. The van der Waals surface area contributed by atoms with Crippen molar-refractivity contribution in [1.82, 2.24) is 0 Å². The van der Waals surface area contributed by atoms with E-state index in [1.54, 1.807) is 0 Å². The maximum absolute atomic E-state index is 11.0. The Hall–Kier alpha value is 0.0700. The summed E-state index contributed by atoms with van der Waals surface area (Å²) in [5, 5.41) is 0. The summed E-state index contributed by atoms with van der Waals surface area (Å²) in [4.78, 5) is 17.9. The van der Waals surface area contributed by atoms with Crippen molar-refractivity contribution in [2.45, 2.75) is 72.3 Å². The van der Waals surface area contributed by atoms with Gasteiger partial charge in [0.05, 0.1) is 19.6 Å². The van der Waals surface area contributed by atoms with Crippen molar-refractivity contribution >= 4 is 7.82 Å². The third kappa shape index (κ3) is 8.94. The fourth-order valence-electron chi connectivity index (χ4n) is 2.78. The van der Waals surface area contributed by atoms with Gasteiger partial charge in [-0.25, -0.2) is 4.57 Å². The second-order valence-electron chi connectivity index (χ2n) is 6.09. The molecule has 0 spiro atoms. The minimum Gasteiger partial charge on any atom is -0.319 e. The Morgan fingerprint density at radius 3 is 1.62 bits per heavy atom. The van der Waals surface area contributed by atoms with E-state index in [9.17, 15) is 4.57 Å². The van der Waals surface area contributed by atoms with E-state index in [1.165, 1.54) is 0 Å². The van der Waals surface area contributed by atoms with E-state index >= 15 is 0 Å². The third-order valence-electron chi connectivity index (χ3n) is 4.29. The molecule has 0 aliphatic carbocycles. The number of rotatable bonds is 13. The lowest BCUT2D eigenvalue weighted by Gasteiger charge is -2.44. The lowest BCUT2D eigenvalue weighted by molar-refractivity contribution is -0.950. The van der Waals surface area contributed by atoms with Crippen LogP contribution in [0, 0.1) is 0 Å². The lowest BCUT2D eigenvalue weighted by Crippen LogP contribution is -2.57. The maximum Gasteiger partial charge on any atom is 0.469 e. The van der Waals surface area contributed by atoms with Crippen molar-refractivity contribution in [3.05, 3.63) is 0 Å². The fraction of sp³-hybridized carbons (Fsp3) is 1.00. The van der Waals surface area contributed by atoms with Crippen LogP contribution in [0.2, 0.25) is 0 Å². The molecule has 0 aliphatic heterocycles. The van der Waals surface area contributed by atoms with Crippen molar-refractivity contribution in [2.24, 2.45) is 0 Å². The highest BCUT2D eigenvalue weighted by molar-refractivity contribution is 7.46. The van der Waals surface area contributed by atoms with E-state index in [4.69, 9.17) is 14.3 Å². The summed E-state index contributed by atoms with van der Waals surface area (Å²) < 4.78 is 16.7. The second-order valence-corrected chi connectivity index (χ2v) is 7.32. The minimum atomic E-state index is -4.38. The Balaban J connectivity index is 4.94. The molecule has 1 atom stereocenters. The van der Waals surface area contributed by atoms with Gasteiger partial charge >= 0.3 is 7.82 Å². The molecule has 0 aromatic heterocycles. The van der Waals surface area contributed by atoms with Gasteiger partial charge in [0.25, 0.3) is 0 Å². The standard InChI is InChI=1S/C15H34NO4P/c1-5-8-11-16(12-9-6-2,13-10-7-3)15(4)14-20-21(17,18)19/h15H,5-14H2,1-4H3,(H-,17,18,19)/p+1. The Kier molecular flexibility index (Phi) is 10.8. The van der Waals surface area contributed by atoms with Crippen LogP contribution in [0.3, 0.4) is 0 Å². The van der Waals surface area contributed by atoms with Crippen LogP contribution in [0.5, 0.6) is 0 Å². The molecule has 6 heteroatoms. The Labute approximate surface area is 130 Å². The van der Waals surface area contributed by atoms with Gasteiger partial charge in [-0.15, -0.1) is 0 Å². The van der Waals surface area contributed by atoms with Gasteiger partial charge < -0.3 is 14.3 Å². The van der Waals surface area contributed by atoms with Gasteiger partial charge in [-0.3, -0.25) is 4.52 Å². The van der Waals surface area contributed by atoms with Crippen LogP contribution < -0.4 is 0 Å². The summed E-state index contributed by atoms with van der Waals surface area (Å²) in [5.41, 5.74) is 0. The van der Waals surface area contributed by atoms with Crippen molar-refractivity contribution < 1.29 is 23.4 Å². The summed E-state index contributed by atoms with van der Waals surface area (Å²) in [6, 6.07) is 0.113. The zero-order valence-corrected chi connectivity index (χ0v) is 15.1. The van der Waals surface area contributed by atoms with E-state index in [2.05, 4.69) is 27.7 Å². The molecule has 0 radical (unpaired) electrons. The average molecular weight is 324 g/mol. The molecular formula is C15H35NO4P+. The highest BCUT2D eigenvalue weighted by Crippen LogP contribution is 2.36. The SMILES string of the molecule is CCCC[N+](CCCC)(CCCC)C(C)COP(=O)(O)O. The van der Waals surface area contributed by atoms with Crippen LogP contribution in [0.25, 0.3) is 0 Å². The first-order valence-corrected chi connectivity index (χ1v) is 9.90. The van der Waals surface area contributed by atoms with E-state index in [-0.39, 0.29) is 12.6 Å². The monoisotopic (exact) mass is 324 g/mol. The first kappa shape index (κ1) is 21.1. The first-order valence-electron chi connectivity index (χ1n) is 8.37. The summed E-state index contributed by atoms with van der Waals surface area (Å²) >= 11 is 0. The predicted molar refractivity (Wildman–Crippen MR) is 87.0 cm³/mol. The zero-order chi connectivity index (χ0) is 16.4. The van der Waals surface area contributed by atoms with E-state index < -0.39 is 7.82 Å². The molecule has 0 fully saturated rings. The van der Waals surface area contributed by atoms with Crippen LogP contribution in [0.1, 0.15) is 66.2 Å². The quantitative estimate of drug-likeness (QED) is 0.400. The largest absolute Gasteiger partial charge is 0.469 e. The lowest BCUT2D eigenvalue weighted by atomic mass is 10.1. The van der Waals surface area contributed by atoms with Crippen molar-refractivity contribution in [2.75, 3.05) is 26.2 Å². The van der Waals surface area contributed by atoms with Crippen molar-refractivity contribution in [1.29, 1.82) is 0 Å². The fourth-order valence-corrected chi connectivity index (χ4v) is 3.19. The molecule has 0 aromatic rings. The van der Waals surface area contributed by atoms with Gasteiger partial charge in [0.1, 0.15) is 12.6 Å². The predicted octanol–water partition coefficient (Wildman–Crippen LogP) is 3.70. The van der Waals surface area contributed by atoms with Crippen LogP contribution in [-0.2, 0) is 9.09 Å². The number of quaternary nitrogens is 1. The smallest absolute Gasteiger partial charge is 0.319 e. The van der Waals surface area contributed by atoms with Crippen molar-refractivity contribution in [3.8, 4) is 0 Å². The Morgan fingerprint density at radius 2 is 1.33 bits per heavy atom. The molecule has 0 heterocycles. The van der Waals surface area contributed by atoms with Gasteiger partial charge in [-0.2, -0.15) is 0 Å². The van der Waals surface area contributed by atoms with Gasteiger partial charge in [0.15, 0.2) is 0 Å².